The molecule has 27 heavy (non-hydrogen) atoms. The molecule has 0 saturated carbocycles. The van der Waals surface area contributed by atoms with E-state index in [1.54, 1.807) is 54.6 Å². The number of hydrogen-bond acceptors (Lipinski definition) is 5. The highest BCUT2D eigenvalue weighted by Gasteiger charge is 2.50. The van der Waals surface area contributed by atoms with Crippen LogP contribution in [0.5, 0.6) is 0 Å². The maximum atomic E-state index is 13.0. The summed E-state index contributed by atoms with van der Waals surface area (Å²) in [5, 5.41) is 2.81. The van der Waals surface area contributed by atoms with Gasteiger partial charge in [0.2, 0.25) is 17.2 Å². The molecule has 1 N–H and O–H groups in total. The van der Waals surface area contributed by atoms with E-state index in [9.17, 15) is 14.4 Å². The second kappa shape index (κ2) is 7.25. The van der Waals surface area contributed by atoms with Crippen LogP contribution in [0.2, 0.25) is 5.02 Å². The Bertz CT molecular complexity index is 954. The molecule has 6 nitrogen and oxygen atoms in total. The molecule has 138 valence electrons. The predicted molar refractivity (Wildman–Crippen MR) is 97.6 cm³/mol. The smallest absolute Gasteiger partial charge is 0.308 e. The van der Waals surface area contributed by atoms with Crippen LogP contribution in [0.1, 0.15) is 29.8 Å². The maximum absolute atomic E-state index is 13.0. The molecule has 0 aliphatic carbocycles. The van der Waals surface area contributed by atoms with Gasteiger partial charge in [-0.3, -0.25) is 19.7 Å². The molecule has 2 aromatic carbocycles. The van der Waals surface area contributed by atoms with Crippen molar-refractivity contribution in [2.45, 2.75) is 19.4 Å². The third-order valence-corrected chi connectivity index (χ3v) is 4.38. The molecule has 0 bridgehead atoms. The lowest BCUT2D eigenvalue weighted by Crippen LogP contribution is -2.33. The summed E-state index contributed by atoms with van der Waals surface area (Å²) in [5.74, 6) is -2.43. The highest BCUT2D eigenvalue weighted by molar-refractivity contribution is 6.32. The van der Waals surface area contributed by atoms with Crippen molar-refractivity contribution in [1.82, 2.24) is 5.32 Å². The average Bonchev–Trinajstić information content (AvgIpc) is 2.87. The number of carbonyl (C=O) groups is 3. The molecule has 0 spiro atoms. The zero-order valence-corrected chi connectivity index (χ0v) is 15.4. The summed E-state index contributed by atoms with van der Waals surface area (Å²) >= 11 is 6.22. The number of esters is 1. The van der Waals surface area contributed by atoms with Gasteiger partial charge >= 0.3 is 5.97 Å². The van der Waals surface area contributed by atoms with Gasteiger partial charge in [0.1, 0.15) is 0 Å². The summed E-state index contributed by atoms with van der Waals surface area (Å²) in [5.41, 5.74) is -0.789. The predicted octanol–water partition coefficient (Wildman–Crippen LogP) is 3.32. The van der Waals surface area contributed by atoms with Gasteiger partial charge in [-0.15, -0.1) is 0 Å². The van der Waals surface area contributed by atoms with Crippen molar-refractivity contribution in [2.75, 3.05) is 0 Å². The summed E-state index contributed by atoms with van der Waals surface area (Å²) < 4.78 is 10.8. The van der Waals surface area contributed by atoms with Gasteiger partial charge in [0.15, 0.2) is 0 Å². The molecular weight excluding hydrogens is 370 g/mol. The molecule has 1 atom stereocenters. The SMILES string of the molecule is CC(=O)OC1=C(NC(=O)c2ccccc2)OC(C)(c2ccccc2Cl)C1=O. The fraction of sp³-hybridized carbons (Fsp3) is 0.150. The van der Waals surface area contributed by atoms with Crippen molar-refractivity contribution in [3.63, 3.8) is 0 Å². The third-order valence-electron chi connectivity index (χ3n) is 4.05. The summed E-state index contributed by atoms with van der Waals surface area (Å²) in [7, 11) is 0. The minimum Gasteiger partial charge on any atom is -0.456 e. The average molecular weight is 386 g/mol. The number of benzene rings is 2. The Hall–Kier alpha value is -3.12. The number of carbonyl (C=O) groups excluding carboxylic acids is 3. The standard InChI is InChI=1S/C20H16ClNO5/c1-12(23)26-16-17(24)20(2,14-10-6-7-11-15(14)21)27-19(16)22-18(25)13-8-4-3-5-9-13/h3-11H,1-2H3,(H,22,25). The first-order valence-corrected chi connectivity index (χ1v) is 8.48. The fourth-order valence-electron chi connectivity index (χ4n) is 2.73. The first kappa shape index (κ1) is 18.7. The Morgan fingerprint density at radius 1 is 1.07 bits per heavy atom. The molecule has 0 saturated heterocycles. The second-order valence-electron chi connectivity index (χ2n) is 6.02. The topological polar surface area (TPSA) is 81.7 Å². The van der Waals surface area contributed by atoms with Gasteiger partial charge in [0.25, 0.3) is 11.7 Å². The first-order chi connectivity index (χ1) is 12.8. The van der Waals surface area contributed by atoms with Crippen LogP contribution in [-0.4, -0.2) is 17.7 Å². The Labute approximate surface area is 160 Å². The normalized spacial score (nSPS) is 18.9. The van der Waals surface area contributed by atoms with Gasteiger partial charge in [-0.1, -0.05) is 48.0 Å². The molecule has 2 aromatic rings. The molecule has 0 aromatic heterocycles. The van der Waals surface area contributed by atoms with Gasteiger partial charge in [-0.2, -0.15) is 0 Å². The highest BCUT2D eigenvalue weighted by Crippen LogP contribution is 2.41. The van der Waals surface area contributed by atoms with Crippen molar-refractivity contribution >= 4 is 29.3 Å². The highest BCUT2D eigenvalue weighted by atomic mass is 35.5. The van der Waals surface area contributed by atoms with E-state index < -0.39 is 23.3 Å². The molecule has 1 heterocycles. The number of amides is 1. The van der Waals surface area contributed by atoms with E-state index in [1.165, 1.54) is 6.92 Å². The van der Waals surface area contributed by atoms with Gasteiger partial charge in [0.05, 0.1) is 0 Å². The number of rotatable bonds is 4. The molecule has 3 rings (SSSR count). The van der Waals surface area contributed by atoms with E-state index in [0.717, 1.165) is 6.92 Å². The molecule has 1 aliphatic rings. The Balaban J connectivity index is 1.98. The van der Waals surface area contributed by atoms with Crippen LogP contribution in [0.25, 0.3) is 0 Å². The molecule has 0 fully saturated rings. The minimum absolute atomic E-state index is 0.230. The Morgan fingerprint density at radius 2 is 1.70 bits per heavy atom. The summed E-state index contributed by atoms with van der Waals surface area (Å²) in [4.78, 5) is 36.9. The minimum atomic E-state index is -1.54. The molecule has 1 amide bonds. The molecule has 7 heteroatoms. The Morgan fingerprint density at radius 3 is 2.33 bits per heavy atom. The number of halogens is 1. The fourth-order valence-corrected chi connectivity index (χ4v) is 3.04. The van der Waals surface area contributed by atoms with Crippen LogP contribution >= 0.6 is 11.6 Å². The van der Waals surface area contributed by atoms with Gasteiger partial charge in [-0.05, 0) is 25.1 Å². The number of ketones is 1. The van der Waals surface area contributed by atoms with Crippen LogP contribution in [-0.2, 0) is 24.7 Å². The Kier molecular flexibility index (Phi) is 5.01. The zero-order chi connectivity index (χ0) is 19.6. The third kappa shape index (κ3) is 3.57. The molecule has 1 unspecified atom stereocenters. The van der Waals surface area contributed by atoms with Crippen molar-refractivity contribution in [3.8, 4) is 0 Å². The van der Waals surface area contributed by atoms with Crippen molar-refractivity contribution in [3.05, 3.63) is 82.4 Å². The summed E-state index contributed by atoms with van der Waals surface area (Å²) in [6, 6.07) is 15.0. The van der Waals surface area contributed by atoms with E-state index in [4.69, 9.17) is 21.1 Å². The van der Waals surface area contributed by atoms with Crippen LogP contribution in [0.15, 0.2) is 66.2 Å². The molecule has 1 aliphatic heterocycles. The van der Waals surface area contributed by atoms with Crippen LogP contribution in [0, 0.1) is 0 Å². The van der Waals surface area contributed by atoms with Crippen molar-refractivity contribution < 1.29 is 23.9 Å². The summed E-state index contributed by atoms with van der Waals surface area (Å²) in [6.07, 6.45) is 0. The van der Waals surface area contributed by atoms with Crippen LogP contribution in [0.3, 0.4) is 0 Å². The van der Waals surface area contributed by atoms with E-state index >= 15 is 0 Å². The number of nitrogens with one attached hydrogen (secondary N) is 1. The number of Topliss-reactive ketones (excluding diaryl/α,β-unsaturated/α-hetero) is 1. The van der Waals surface area contributed by atoms with E-state index in [0.29, 0.717) is 16.1 Å². The van der Waals surface area contributed by atoms with Gasteiger partial charge in [-0.25, -0.2) is 0 Å². The lowest BCUT2D eigenvalue weighted by molar-refractivity contribution is -0.142. The van der Waals surface area contributed by atoms with E-state index in [1.807, 2.05) is 0 Å². The van der Waals surface area contributed by atoms with E-state index in [2.05, 4.69) is 5.32 Å². The van der Waals surface area contributed by atoms with Gasteiger partial charge < -0.3 is 9.47 Å². The summed E-state index contributed by atoms with van der Waals surface area (Å²) in [6.45, 7) is 2.66. The van der Waals surface area contributed by atoms with Gasteiger partial charge in [0, 0.05) is 23.1 Å². The number of ether oxygens (including phenoxy) is 2. The largest absolute Gasteiger partial charge is 0.456 e. The second-order valence-corrected chi connectivity index (χ2v) is 6.42. The van der Waals surface area contributed by atoms with Crippen molar-refractivity contribution in [1.29, 1.82) is 0 Å². The number of hydrogen-bond donors (Lipinski definition) is 1. The molecular formula is C20H16ClNO5. The van der Waals surface area contributed by atoms with E-state index in [-0.39, 0.29) is 11.6 Å². The molecule has 0 radical (unpaired) electrons. The lowest BCUT2D eigenvalue weighted by atomic mass is 9.91. The first-order valence-electron chi connectivity index (χ1n) is 8.11. The van der Waals surface area contributed by atoms with Crippen LogP contribution < -0.4 is 5.32 Å². The van der Waals surface area contributed by atoms with Crippen LogP contribution in [0.4, 0.5) is 0 Å². The lowest BCUT2D eigenvalue weighted by Gasteiger charge is -2.24. The monoisotopic (exact) mass is 385 g/mol. The maximum Gasteiger partial charge on any atom is 0.308 e. The quantitative estimate of drug-likeness (QED) is 0.816. The zero-order valence-electron chi connectivity index (χ0n) is 14.6. The van der Waals surface area contributed by atoms with Crippen molar-refractivity contribution in [2.24, 2.45) is 0 Å².